The zero-order chi connectivity index (χ0) is 21.0. The summed E-state index contributed by atoms with van der Waals surface area (Å²) in [5, 5.41) is 2.79. The third-order valence-corrected chi connectivity index (χ3v) is 7.00. The van der Waals surface area contributed by atoms with Crippen LogP contribution in [0.4, 0.5) is 10.1 Å². The molecule has 0 saturated carbocycles. The monoisotopic (exact) mass is 439 g/mol. The van der Waals surface area contributed by atoms with Crippen molar-refractivity contribution in [3.05, 3.63) is 58.9 Å². The summed E-state index contributed by atoms with van der Waals surface area (Å²) < 4.78 is 40.7. The quantitative estimate of drug-likeness (QED) is 0.750. The van der Waals surface area contributed by atoms with Gasteiger partial charge in [-0.05, 0) is 37.3 Å². The summed E-state index contributed by atoms with van der Waals surface area (Å²) in [4.78, 5) is 14.4. The van der Waals surface area contributed by atoms with Crippen molar-refractivity contribution >= 4 is 33.2 Å². The van der Waals surface area contributed by atoms with Crippen LogP contribution in [0.15, 0.2) is 47.4 Å². The van der Waals surface area contributed by atoms with E-state index in [4.69, 9.17) is 11.6 Å². The Morgan fingerprint density at radius 2 is 1.76 bits per heavy atom. The third kappa shape index (κ3) is 5.54. The SMILES string of the molecule is Cc1ccc(S(=O)(=O)N2CCN(CCC(=O)Nc3ccc(Cl)cc3F)CC2)cc1. The number of piperazine rings is 1. The van der Waals surface area contributed by atoms with Gasteiger partial charge >= 0.3 is 0 Å². The molecule has 1 heterocycles. The Bertz CT molecular complexity index is 975. The molecule has 1 aliphatic rings. The van der Waals surface area contributed by atoms with Crippen LogP contribution < -0.4 is 5.32 Å². The summed E-state index contributed by atoms with van der Waals surface area (Å²) in [6.45, 7) is 4.18. The molecule has 3 rings (SSSR count). The van der Waals surface area contributed by atoms with Crippen molar-refractivity contribution in [3.63, 3.8) is 0 Å². The predicted octanol–water partition coefficient (Wildman–Crippen LogP) is 3.12. The molecule has 1 N–H and O–H groups in total. The van der Waals surface area contributed by atoms with Gasteiger partial charge in [0, 0.05) is 44.2 Å². The van der Waals surface area contributed by atoms with Gasteiger partial charge in [0.25, 0.3) is 0 Å². The molecule has 6 nitrogen and oxygen atoms in total. The van der Waals surface area contributed by atoms with E-state index in [0.29, 0.717) is 37.6 Å². The maximum atomic E-state index is 13.8. The highest BCUT2D eigenvalue weighted by molar-refractivity contribution is 7.89. The standard InChI is InChI=1S/C20H23ClFN3O3S/c1-15-2-5-17(6-3-15)29(27,28)25-12-10-24(11-13-25)9-8-20(26)23-19-7-4-16(21)14-18(19)22/h2-7,14H,8-13H2,1H3,(H,23,26). The van der Waals surface area contributed by atoms with E-state index in [1.807, 2.05) is 11.8 Å². The lowest BCUT2D eigenvalue weighted by atomic mass is 10.2. The van der Waals surface area contributed by atoms with E-state index in [1.54, 1.807) is 24.3 Å². The number of sulfonamides is 1. The van der Waals surface area contributed by atoms with Gasteiger partial charge in [-0.2, -0.15) is 4.31 Å². The normalized spacial score (nSPS) is 16.0. The number of halogens is 2. The van der Waals surface area contributed by atoms with Crippen LogP contribution in [0, 0.1) is 12.7 Å². The molecule has 9 heteroatoms. The third-order valence-electron chi connectivity index (χ3n) is 4.85. The molecule has 0 unspecified atom stereocenters. The van der Waals surface area contributed by atoms with Gasteiger partial charge in [-0.15, -0.1) is 0 Å². The first-order valence-corrected chi connectivity index (χ1v) is 11.1. The maximum Gasteiger partial charge on any atom is 0.243 e. The molecule has 1 saturated heterocycles. The van der Waals surface area contributed by atoms with E-state index in [-0.39, 0.29) is 23.0 Å². The van der Waals surface area contributed by atoms with Crippen LogP contribution in [0.1, 0.15) is 12.0 Å². The molecule has 0 spiro atoms. The lowest BCUT2D eigenvalue weighted by Crippen LogP contribution is -2.49. The number of amides is 1. The highest BCUT2D eigenvalue weighted by Crippen LogP contribution is 2.20. The molecule has 29 heavy (non-hydrogen) atoms. The molecule has 1 amide bonds. The number of hydrogen-bond donors (Lipinski definition) is 1. The maximum absolute atomic E-state index is 13.8. The highest BCUT2D eigenvalue weighted by Gasteiger charge is 2.28. The lowest BCUT2D eigenvalue weighted by molar-refractivity contribution is -0.116. The van der Waals surface area contributed by atoms with Crippen LogP contribution in [0.5, 0.6) is 0 Å². The van der Waals surface area contributed by atoms with Crippen molar-refractivity contribution in [3.8, 4) is 0 Å². The topological polar surface area (TPSA) is 69.7 Å². The minimum Gasteiger partial charge on any atom is -0.324 e. The summed E-state index contributed by atoms with van der Waals surface area (Å²) in [6.07, 6.45) is 0.187. The van der Waals surface area contributed by atoms with Crippen LogP contribution in [0.25, 0.3) is 0 Å². The molecule has 2 aromatic rings. The Morgan fingerprint density at radius 1 is 1.10 bits per heavy atom. The summed E-state index contributed by atoms with van der Waals surface area (Å²) in [5.41, 5.74) is 1.10. The Morgan fingerprint density at radius 3 is 2.38 bits per heavy atom. The zero-order valence-electron chi connectivity index (χ0n) is 16.1. The zero-order valence-corrected chi connectivity index (χ0v) is 17.6. The first-order chi connectivity index (χ1) is 13.8. The minimum atomic E-state index is -3.51. The number of anilines is 1. The second kappa shape index (κ2) is 9.21. The van der Waals surface area contributed by atoms with Crippen LogP contribution in [-0.4, -0.2) is 56.3 Å². The Balaban J connectivity index is 1.48. The number of aryl methyl sites for hydroxylation is 1. The number of carbonyl (C=O) groups excluding carboxylic acids is 1. The number of hydrogen-bond acceptors (Lipinski definition) is 4. The second-order valence-corrected chi connectivity index (χ2v) is 9.36. The smallest absolute Gasteiger partial charge is 0.243 e. The molecule has 0 aromatic heterocycles. The summed E-state index contributed by atoms with van der Waals surface area (Å²) >= 11 is 5.70. The van der Waals surface area contributed by atoms with Crippen LogP contribution in [-0.2, 0) is 14.8 Å². The second-order valence-electron chi connectivity index (χ2n) is 6.98. The number of nitrogens with zero attached hydrogens (tertiary/aromatic N) is 2. The molecule has 1 fully saturated rings. The largest absolute Gasteiger partial charge is 0.324 e. The van der Waals surface area contributed by atoms with Gasteiger partial charge in [-0.3, -0.25) is 4.79 Å². The first kappa shape index (κ1) is 21.7. The minimum absolute atomic E-state index is 0.0911. The van der Waals surface area contributed by atoms with Gasteiger partial charge in [0.1, 0.15) is 5.82 Å². The van der Waals surface area contributed by atoms with Crippen molar-refractivity contribution in [1.82, 2.24) is 9.21 Å². The predicted molar refractivity (Wildman–Crippen MR) is 111 cm³/mol. The fourth-order valence-electron chi connectivity index (χ4n) is 3.12. The van der Waals surface area contributed by atoms with Gasteiger partial charge in [0.15, 0.2) is 0 Å². The van der Waals surface area contributed by atoms with E-state index in [9.17, 15) is 17.6 Å². The van der Waals surface area contributed by atoms with Crippen molar-refractivity contribution in [1.29, 1.82) is 0 Å². The van der Waals surface area contributed by atoms with Crippen LogP contribution in [0.3, 0.4) is 0 Å². The van der Waals surface area contributed by atoms with Gasteiger partial charge in [0.05, 0.1) is 10.6 Å². The van der Waals surface area contributed by atoms with Crippen molar-refractivity contribution < 1.29 is 17.6 Å². The van der Waals surface area contributed by atoms with Gasteiger partial charge < -0.3 is 10.2 Å². The Labute approximate surface area is 175 Å². The van der Waals surface area contributed by atoms with E-state index < -0.39 is 15.8 Å². The van der Waals surface area contributed by atoms with Gasteiger partial charge in [-0.1, -0.05) is 29.3 Å². The van der Waals surface area contributed by atoms with E-state index in [1.165, 1.54) is 16.4 Å². The molecule has 156 valence electrons. The molecule has 0 atom stereocenters. The fourth-order valence-corrected chi connectivity index (χ4v) is 4.70. The molecular weight excluding hydrogens is 417 g/mol. The van der Waals surface area contributed by atoms with Gasteiger partial charge in [-0.25, -0.2) is 12.8 Å². The fraction of sp³-hybridized carbons (Fsp3) is 0.350. The Hall–Kier alpha value is -2.00. The first-order valence-electron chi connectivity index (χ1n) is 9.30. The van der Waals surface area contributed by atoms with E-state index in [2.05, 4.69) is 5.32 Å². The summed E-state index contributed by atoms with van der Waals surface area (Å²) in [7, 11) is -3.51. The van der Waals surface area contributed by atoms with E-state index in [0.717, 1.165) is 11.6 Å². The summed E-state index contributed by atoms with van der Waals surface area (Å²) in [6, 6.07) is 10.9. The van der Waals surface area contributed by atoms with Crippen LogP contribution >= 0.6 is 11.6 Å². The van der Waals surface area contributed by atoms with Crippen LogP contribution in [0.2, 0.25) is 5.02 Å². The molecule has 2 aromatic carbocycles. The number of nitrogens with one attached hydrogen (secondary N) is 1. The van der Waals surface area contributed by atoms with Crippen molar-refractivity contribution in [2.75, 3.05) is 38.0 Å². The summed E-state index contributed by atoms with van der Waals surface area (Å²) in [5.74, 6) is -0.887. The average molecular weight is 440 g/mol. The molecular formula is C20H23ClFN3O3S. The number of benzene rings is 2. The van der Waals surface area contributed by atoms with Crippen molar-refractivity contribution in [2.45, 2.75) is 18.2 Å². The average Bonchev–Trinajstić information content (AvgIpc) is 2.69. The van der Waals surface area contributed by atoms with E-state index >= 15 is 0 Å². The lowest BCUT2D eigenvalue weighted by Gasteiger charge is -2.33. The van der Waals surface area contributed by atoms with Gasteiger partial charge in [0.2, 0.25) is 15.9 Å². The number of carbonyl (C=O) groups is 1. The van der Waals surface area contributed by atoms with Crippen molar-refractivity contribution in [2.24, 2.45) is 0 Å². The number of rotatable bonds is 6. The highest BCUT2D eigenvalue weighted by atomic mass is 35.5. The molecule has 1 aliphatic heterocycles. The molecule has 0 bridgehead atoms. The molecule has 0 radical (unpaired) electrons. The Kier molecular flexibility index (Phi) is 6.89. The molecule has 0 aliphatic carbocycles.